The van der Waals surface area contributed by atoms with E-state index in [2.05, 4.69) is 6.58 Å². The van der Waals surface area contributed by atoms with E-state index in [0.717, 1.165) is 6.54 Å². The molecule has 3 nitrogen and oxygen atoms in total. The first-order valence-electron chi connectivity index (χ1n) is 3.27. The molecule has 0 spiro atoms. The van der Waals surface area contributed by atoms with Crippen molar-refractivity contribution in [1.29, 1.82) is 0 Å². The van der Waals surface area contributed by atoms with E-state index >= 15 is 0 Å². The normalized spacial score (nSPS) is 25.8. The zero-order chi connectivity index (χ0) is 7.72. The zero-order valence-electron chi connectivity index (χ0n) is 6.37. The third-order valence-electron chi connectivity index (χ3n) is 1.86. The second-order valence-electron chi connectivity index (χ2n) is 2.58. The molecule has 1 atom stereocenters. The van der Waals surface area contributed by atoms with Gasteiger partial charge in [-0.15, -0.1) is 6.58 Å². The lowest BCUT2D eigenvalue weighted by molar-refractivity contribution is 0.203. The Morgan fingerprint density at radius 1 is 1.70 bits per heavy atom. The highest BCUT2D eigenvalue weighted by Gasteiger charge is 2.29. The zero-order valence-corrected chi connectivity index (χ0v) is 6.37. The van der Waals surface area contributed by atoms with Crippen LogP contribution in [0.4, 0.5) is 4.79 Å². The van der Waals surface area contributed by atoms with Crippen molar-refractivity contribution in [3.05, 3.63) is 12.7 Å². The fourth-order valence-electron chi connectivity index (χ4n) is 1.12. The minimum Gasteiger partial charge on any atom is -0.325 e. The van der Waals surface area contributed by atoms with Gasteiger partial charge in [0.25, 0.3) is 0 Å². The lowest BCUT2D eigenvalue weighted by atomic mass is 10.3. The van der Waals surface area contributed by atoms with Crippen LogP contribution in [0.15, 0.2) is 12.7 Å². The summed E-state index contributed by atoms with van der Waals surface area (Å²) in [6.07, 6.45) is 1.79. The summed E-state index contributed by atoms with van der Waals surface area (Å²) in [5.41, 5.74) is 0. The number of urea groups is 1. The van der Waals surface area contributed by atoms with Crippen LogP contribution in [0, 0.1) is 0 Å². The third-order valence-corrected chi connectivity index (χ3v) is 1.86. The van der Waals surface area contributed by atoms with Crippen molar-refractivity contribution in [3.8, 4) is 0 Å². The van der Waals surface area contributed by atoms with Gasteiger partial charge in [0, 0.05) is 20.6 Å². The molecule has 1 saturated heterocycles. The van der Waals surface area contributed by atoms with E-state index in [0.29, 0.717) is 0 Å². The minimum atomic E-state index is 0.0740. The van der Waals surface area contributed by atoms with Crippen molar-refractivity contribution in [2.45, 2.75) is 6.04 Å². The van der Waals surface area contributed by atoms with Gasteiger partial charge in [-0.05, 0) is 0 Å². The van der Waals surface area contributed by atoms with E-state index in [9.17, 15) is 4.79 Å². The van der Waals surface area contributed by atoms with Gasteiger partial charge in [-0.2, -0.15) is 0 Å². The van der Waals surface area contributed by atoms with Crippen LogP contribution in [0.5, 0.6) is 0 Å². The van der Waals surface area contributed by atoms with Crippen molar-refractivity contribution >= 4 is 6.03 Å². The maximum absolute atomic E-state index is 11.1. The van der Waals surface area contributed by atoms with E-state index in [-0.39, 0.29) is 12.1 Å². The van der Waals surface area contributed by atoms with E-state index in [1.807, 2.05) is 0 Å². The van der Waals surface area contributed by atoms with Gasteiger partial charge in [0.15, 0.2) is 0 Å². The van der Waals surface area contributed by atoms with Gasteiger partial charge in [-0.1, -0.05) is 6.08 Å². The van der Waals surface area contributed by atoms with Crippen LogP contribution in [0.1, 0.15) is 0 Å². The standard InChI is InChI=1S/C7H12N2O/c1-4-6-5-8(2)7(10)9(6)3/h4,6H,1,5H2,2-3H3. The van der Waals surface area contributed by atoms with E-state index in [1.54, 1.807) is 30.0 Å². The summed E-state index contributed by atoms with van der Waals surface area (Å²) in [6.45, 7) is 4.40. The highest BCUT2D eigenvalue weighted by atomic mass is 16.2. The summed E-state index contributed by atoms with van der Waals surface area (Å²) in [5, 5.41) is 0. The average molecular weight is 140 g/mol. The molecule has 1 rings (SSSR count). The summed E-state index contributed by atoms with van der Waals surface area (Å²) in [5.74, 6) is 0. The van der Waals surface area contributed by atoms with Crippen molar-refractivity contribution in [3.63, 3.8) is 0 Å². The maximum Gasteiger partial charge on any atom is 0.320 e. The predicted molar refractivity (Wildman–Crippen MR) is 39.8 cm³/mol. The van der Waals surface area contributed by atoms with Gasteiger partial charge in [0.05, 0.1) is 6.04 Å². The van der Waals surface area contributed by atoms with Crippen LogP contribution in [0.3, 0.4) is 0 Å². The smallest absolute Gasteiger partial charge is 0.320 e. The molecule has 1 aliphatic rings. The molecule has 10 heavy (non-hydrogen) atoms. The molecule has 0 saturated carbocycles. The maximum atomic E-state index is 11.1. The molecule has 56 valence electrons. The van der Waals surface area contributed by atoms with Gasteiger partial charge in [0.2, 0.25) is 0 Å². The molecule has 0 aromatic heterocycles. The fraction of sp³-hybridized carbons (Fsp3) is 0.571. The minimum absolute atomic E-state index is 0.0740. The Kier molecular flexibility index (Phi) is 1.66. The number of rotatable bonds is 1. The first kappa shape index (κ1) is 7.12. The predicted octanol–water partition coefficient (Wildman–Crippen LogP) is 0.538. The Morgan fingerprint density at radius 3 is 2.50 bits per heavy atom. The summed E-state index contributed by atoms with van der Waals surface area (Å²) >= 11 is 0. The number of carbonyl (C=O) groups is 1. The summed E-state index contributed by atoms with van der Waals surface area (Å²) < 4.78 is 0. The largest absolute Gasteiger partial charge is 0.325 e. The first-order chi connectivity index (χ1) is 4.66. The number of amides is 2. The second kappa shape index (κ2) is 2.33. The lowest BCUT2D eigenvalue weighted by Gasteiger charge is -2.12. The quantitative estimate of drug-likeness (QED) is 0.487. The topological polar surface area (TPSA) is 23.6 Å². The number of hydrogen-bond donors (Lipinski definition) is 0. The van der Waals surface area contributed by atoms with Gasteiger partial charge in [-0.25, -0.2) is 4.79 Å². The summed E-state index contributed by atoms with van der Waals surface area (Å²) in [7, 11) is 3.58. The summed E-state index contributed by atoms with van der Waals surface area (Å²) in [4.78, 5) is 14.5. The van der Waals surface area contributed by atoms with E-state index in [4.69, 9.17) is 0 Å². The van der Waals surface area contributed by atoms with Gasteiger partial charge in [-0.3, -0.25) is 0 Å². The van der Waals surface area contributed by atoms with Gasteiger partial charge in [0.1, 0.15) is 0 Å². The Morgan fingerprint density at radius 2 is 2.30 bits per heavy atom. The number of carbonyl (C=O) groups excluding carboxylic acids is 1. The Balaban J connectivity index is 2.70. The van der Waals surface area contributed by atoms with Crippen LogP contribution >= 0.6 is 0 Å². The van der Waals surface area contributed by atoms with Crippen LogP contribution in [0.25, 0.3) is 0 Å². The molecule has 2 amide bonds. The molecule has 1 heterocycles. The van der Waals surface area contributed by atoms with E-state index in [1.165, 1.54) is 0 Å². The highest BCUT2D eigenvalue weighted by Crippen LogP contribution is 2.11. The van der Waals surface area contributed by atoms with E-state index < -0.39 is 0 Å². The molecule has 1 fully saturated rings. The Bertz CT molecular complexity index is 167. The molecule has 1 unspecified atom stereocenters. The molecule has 0 aliphatic carbocycles. The van der Waals surface area contributed by atoms with Crippen molar-refractivity contribution < 1.29 is 4.79 Å². The summed E-state index contributed by atoms with van der Waals surface area (Å²) in [6, 6.07) is 0.266. The van der Waals surface area contributed by atoms with Crippen LogP contribution in [0.2, 0.25) is 0 Å². The Labute approximate surface area is 60.9 Å². The first-order valence-corrected chi connectivity index (χ1v) is 3.27. The van der Waals surface area contributed by atoms with Gasteiger partial charge < -0.3 is 9.80 Å². The molecular weight excluding hydrogens is 128 g/mol. The van der Waals surface area contributed by atoms with Crippen molar-refractivity contribution in [2.75, 3.05) is 20.6 Å². The van der Waals surface area contributed by atoms with Crippen molar-refractivity contribution in [2.24, 2.45) is 0 Å². The number of hydrogen-bond acceptors (Lipinski definition) is 1. The monoisotopic (exact) mass is 140 g/mol. The molecule has 3 heteroatoms. The highest BCUT2D eigenvalue weighted by molar-refractivity contribution is 5.76. The number of likely N-dealkylation sites (N-methyl/N-ethyl adjacent to an activating group) is 2. The average Bonchev–Trinajstić information content (AvgIpc) is 2.17. The van der Waals surface area contributed by atoms with Crippen LogP contribution in [-0.2, 0) is 0 Å². The fourth-order valence-corrected chi connectivity index (χ4v) is 1.12. The third kappa shape index (κ3) is 0.875. The van der Waals surface area contributed by atoms with Crippen LogP contribution < -0.4 is 0 Å². The molecule has 0 bridgehead atoms. The van der Waals surface area contributed by atoms with Gasteiger partial charge >= 0.3 is 6.03 Å². The molecule has 1 aliphatic heterocycles. The second-order valence-corrected chi connectivity index (χ2v) is 2.58. The Hall–Kier alpha value is -0.990. The lowest BCUT2D eigenvalue weighted by Crippen LogP contribution is -2.28. The molecular formula is C7H12N2O. The van der Waals surface area contributed by atoms with Crippen LogP contribution in [-0.4, -0.2) is 42.5 Å². The molecule has 0 radical (unpaired) electrons. The number of nitrogens with zero attached hydrogens (tertiary/aromatic N) is 2. The SMILES string of the molecule is C=CC1CN(C)C(=O)N1C. The molecule has 0 N–H and O–H groups in total. The molecule has 0 aromatic carbocycles. The van der Waals surface area contributed by atoms with Crippen molar-refractivity contribution in [1.82, 2.24) is 9.80 Å². The molecule has 0 aromatic rings.